The van der Waals surface area contributed by atoms with E-state index in [0.29, 0.717) is 6.42 Å². The van der Waals surface area contributed by atoms with Gasteiger partial charge in [-0.25, -0.2) is 0 Å². The van der Waals surface area contributed by atoms with E-state index in [0.717, 1.165) is 44.4 Å². The van der Waals surface area contributed by atoms with Crippen molar-refractivity contribution in [1.29, 1.82) is 0 Å². The van der Waals surface area contributed by atoms with Crippen LogP contribution in [0.2, 0.25) is 0 Å². The first-order valence-corrected chi connectivity index (χ1v) is 20.1. The van der Waals surface area contributed by atoms with Crippen LogP contribution in [0.1, 0.15) is 200 Å². The second kappa shape index (κ2) is 37.8. The molecular weight excluding hydrogens is 562 g/mol. The molecule has 0 bridgehead atoms. The molecule has 0 rings (SSSR count). The molecule has 0 unspecified atom stereocenters. The summed E-state index contributed by atoms with van der Waals surface area (Å²) in [7, 11) is 4.10. The number of carbonyl (C=O) groups excluding carboxylic acids is 1. The van der Waals surface area contributed by atoms with Gasteiger partial charge in [0.1, 0.15) is 5.76 Å². The first kappa shape index (κ1) is 44.4. The zero-order valence-electron chi connectivity index (χ0n) is 31.5. The summed E-state index contributed by atoms with van der Waals surface area (Å²) in [6.07, 6.45) is 51.9. The van der Waals surface area contributed by atoms with Gasteiger partial charge in [0.25, 0.3) is 0 Å². The summed E-state index contributed by atoms with van der Waals surface area (Å²) in [6, 6.07) is 0. The molecule has 0 radical (unpaired) electrons. The summed E-state index contributed by atoms with van der Waals surface area (Å²) < 4.78 is 5.86. The van der Waals surface area contributed by atoms with Crippen LogP contribution in [0.15, 0.2) is 48.3 Å². The van der Waals surface area contributed by atoms with Crippen LogP contribution in [-0.4, -0.2) is 31.5 Å². The minimum Gasteiger partial charge on any atom is -0.431 e. The molecule has 0 atom stereocenters. The molecule has 3 nitrogen and oxygen atoms in total. The standard InChI is InChI=1S/C43H79NO2/c1-5-7-9-11-13-15-17-19-21-23-25-27-29-31-33-35-38-42(46-43(45)40-37-41-44(3)4)39-36-34-32-30-28-26-24-22-20-18-16-14-12-10-8-6-2/h13,15,19-22,38H,5-12,14,16-18,23-37,39-41H2,1-4H3/b15-13-,21-19-,22-20-,42-38+. The van der Waals surface area contributed by atoms with E-state index in [9.17, 15) is 4.79 Å². The molecule has 0 saturated carbocycles. The highest BCUT2D eigenvalue weighted by molar-refractivity contribution is 5.70. The average Bonchev–Trinajstić information content (AvgIpc) is 3.04. The third kappa shape index (κ3) is 36.9. The van der Waals surface area contributed by atoms with Crippen molar-refractivity contribution < 1.29 is 9.53 Å². The van der Waals surface area contributed by atoms with Crippen molar-refractivity contribution in [1.82, 2.24) is 4.90 Å². The predicted molar refractivity (Wildman–Crippen MR) is 205 cm³/mol. The fraction of sp³-hybridized carbons (Fsp3) is 0.791. The maximum absolute atomic E-state index is 12.5. The first-order chi connectivity index (χ1) is 22.6. The van der Waals surface area contributed by atoms with Gasteiger partial charge >= 0.3 is 5.97 Å². The van der Waals surface area contributed by atoms with Gasteiger partial charge in [-0.1, -0.05) is 140 Å². The van der Waals surface area contributed by atoms with E-state index in [1.807, 2.05) is 0 Å². The number of hydrogen-bond donors (Lipinski definition) is 0. The molecular formula is C43H79NO2. The molecule has 0 heterocycles. The van der Waals surface area contributed by atoms with E-state index in [2.05, 4.69) is 75.4 Å². The molecule has 0 amide bonds. The fourth-order valence-electron chi connectivity index (χ4n) is 5.70. The van der Waals surface area contributed by atoms with Gasteiger partial charge in [0.2, 0.25) is 0 Å². The van der Waals surface area contributed by atoms with Crippen molar-refractivity contribution in [3.05, 3.63) is 48.3 Å². The van der Waals surface area contributed by atoms with E-state index < -0.39 is 0 Å². The second-order valence-corrected chi connectivity index (χ2v) is 13.8. The number of carbonyl (C=O) groups is 1. The number of nitrogens with zero attached hydrogens (tertiary/aromatic N) is 1. The molecule has 0 aromatic rings. The van der Waals surface area contributed by atoms with E-state index in [4.69, 9.17) is 4.74 Å². The molecule has 0 aliphatic carbocycles. The van der Waals surface area contributed by atoms with Gasteiger partial charge in [-0.3, -0.25) is 4.79 Å². The Morgan fingerprint density at radius 3 is 1.41 bits per heavy atom. The predicted octanol–water partition coefficient (Wildman–Crippen LogP) is 14.0. The summed E-state index contributed by atoms with van der Waals surface area (Å²) in [6.45, 7) is 5.47. The highest BCUT2D eigenvalue weighted by Crippen LogP contribution is 2.17. The molecule has 0 spiro atoms. The third-order valence-electron chi connectivity index (χ3n) is 8.69. The van der Waals surface area contributed by atoms with Gasteiger partial charge in [-0.2, -0.15) is 0 Å². The molecule has 0 aliphatic heterocycles. The van der Waals surface area contributed by atoms with Crippen LogP contribution < -0.4 is 0 Å². The smallest absolute Gasteiger partial charge is 0.310 e. The fourth-order valence-corrected chi connectivity index (χ4v) is 5.70. The second-order valence-electron chi connectivity index (χ2n) is 13.8. The van der Waals surface area contributed by atoms with Crippen LogP contribution in [0.25, 0.3) is 0 Å². The molecule has 3 heteroatoms. The lowest BCUT2D eigenvalue weighted by Crippen LogP contribution is -2.15. The quantitative estimate of drug-likeness (QED) is 0.0298. The molecule has 0 aromatic carbocycles. The molecule has 0 N–H and O–H groups in total. The maximum atomic E-state index is 12.5. The van der Waals surface area contributed by atoms with Gasteiger partial charge in [-0.15, -0.1) is 0 Å². The van der Waals surface area contributed by atoms with Gasteiger partial charge in [0.15, 0.2) is 0 Å². The van der Waals surface area contributed by atoms with Crippen molar-refractivity contribution in [2.75, 3.05) is 20.6 Å². The molecule has 0 fully saturated rings. The zero-order valence-corrected chi connectivity index (χ0v) is 31.5. The van der Waals surface area contributed by atoms with Crippen LogP contribution in [0, 0.1) is 0 Å². The van der Waals surface area contributed by atoms with Gasteiger partial charge in [-0.05, 0) is 110 Å². The Balaban J connectivity index is 4.07. The first-order valence-electron chi connectivity index (χ1n) is 20.1. The number of esters is 1. The average molecular weight is 642 g/mol. The van der Waals surface area contributed by atoms with Crippen molar-refractivity contribution in [3.8, 4) is 0 Å². The number of rotatable bonds is 35. The minimum atomic E-state index is -0.0577. The lowest BCUT2D eigenvalue weighted by Gasteiger charge is -2.11. The Morgan fingerprint density at radius 2 is 0.891 bits per heavy atom. The van der Waals surface area contributed by atoms with E-state index in [-0.39, 0.29) is 5.97 Å². The Hall–Kier alpha value is -1.61. The molecule has 0 saturated heterocycles. The van der Waals surface area contributed by atoms with Gasteiger partial charge in [0, 0.05) is 12.8 Å². The molecule has 268 valence electrons. The summed E-state index contributed by atoms with van der Waals surface area (Å²) in [5, 5.41) is 0. The van der Waals surface area contributed by atoms with E-state index >= 15 is 0 Å². The summed E-state index contributed by atoms with van der Waals surface area (Å²) in [4.78, 5) is 14.6. The summed E-state index contributed by atoms with van der Waals surface area (Å²) in [5.41, 5.74) is 0. The van der Waals surface area contributed by atoms with E-state index in [1.165, 1.54) is 148 Å². The van der Waals surface area contributed by atoms with Crippen molar-refractivity contribution >= 4 is 5.97 Å². The Labute approximate surface area is 288 Å². The SMILES string of the molecule is CCCCC/C=C\C/C=C\CCCCCCC/C=C(\CCCCCCCC/C=C\CCCCCCCC)OC(=O)CCCN(C)C. The molecule has 46 heavy (non-hydrogen) atoms. The lowest BCUT2D eigenvalue weighted by molar-refractivity contribution is -0.139. The summed E-state index contributed by atoms with van der Waals surface area (Å²) in [5.74, 6) is 0.868. The number of hydrogen-bond acceptors (Lipinski definition) is 3. The maximum Gasteiger partial charge on any atom is 0.310 e. The van der Waals surface area contributed by atoms with Crippen molar-refractivity contribution in [2.45, 2.75) is 200 Å². The number of unbranched alkanes of at least 4 members (excludes halogenated alkanes) is 21. The largest absolute Gasteiger partial charge is 0.431 e. The van der Waals surface area contributed by atoms with Crippen LogP contribution in [0.5, 0.6) is 0 Å². The van der Waals surface area contributed by atoms with E-state index in [1.54, 1.807) is 0 Å². The third-order valence-corrected chi connectivity index (χ3v) is 8.69. The Morgan fingerprint density at radius 1 is 0.478 bits per heavy atom. The lowest BCUT2D eigenvalue weighted by atomic mass is 10.1. The summed E-state index contributed by atoms with van der Waals surface area (Å²) >= 11 is 0. The van der Waals surface area contributed by atoms with Crippen molar-refractivity contribution in [2.24, 2.45) is 0 Å². The topological polar surface area (TPSA) is 29.5 Å². The highest BCUT2D eigenvalue weighted by Gasteiger charge is 2.08. The van der Waals surface area contributed by atoms with Gasteiger partial charge in [0.05, 0.1) is 0 Å². The van der Waals surface area contributed by atoms with Crippen molar-refractivity contribution in [3.63, 3.8) is 0 Å². The van der Waals surface area contributed by atoms with Crippen LogP contribution >= 0.6 is 0 Å². The van der Waals surface area contributed by atoms with Gasteiger partial charge < -0.3 is 9.64 Å². The zero-order chi connectivity index (χ0) is 33.6. The van der Waals surface area contributed by atoms with Crippen LogP contribution in [0.3, 0.4) is 0 Å². The normalized spacial score (nSPS) is 12.5. The Kier molecular flexibility index (Phi) is 36.5. The number of ether oxygens (including phenoxy) is 1. The number of allylic oxidation sites excluding steroid dienone is 8. The minimum absolute atomic E-state index is 0.0577. The van der Waals surface area contributed by atoms with Crippen LogP contribution in [0.4, 0.5) is 0 Å². The Bertz CT molecular complexity index is 748. The highest BCUT2D eigenvalue weighted by atomic mass is 16.5. The molecule has 0 aliphatic rings. The van der Waals surface area contributed by atoms with Crippen LogP contribution in [-0.2, 0) is 9.53 Å². The molecule has 0 aromatic heterocycles. The monoisotopic (exact) mass is 642 g/mol.